The Morgan fingerprint density at radius 1 is 1.33 bits per heavy atom. The molecule has 0 heterocycles. The highest BCUT2D eigenvalue weighted by Crippen LogP contribution is 2.36. The molecular weight excluding hydrogens is 364 g/mol. The fourth-order valence-corrected chi connectivity index (χ4v) is 3.39. The molecule has 0 aliphatic carbocycles. The fraction of sp³-hybridized carbons (Fsp3) is 0.462. The third-order valence-electron chi connectivity index (χ3n) is 2.63. The van der Waals surface area contributed by atoms with Gasteiger partial charge in [-0.3, -0.25) is 0 Å². The highest BCUT2D eigenvalue weighted by molar-refractivity contribution is 9.10. The number of carboxylic acids is 1. The minimum atomic E-state index is -3.13. The van der Waals surface area contributed by atoms with Crippen molar-refractivity contribution >= 4 is 31.7 Å². The van der Waals surface area contributed by atoms with Gasteiger partial charge in [0, 0.05) is 0 Å². The Kier molecular flexibility index (Phi) is 6.47. The van der Waals surface area contributed by atoms with E-state index >= 15 is 0 Å². The van der Waals surface area contributed by atoms with Gasteiger partial charge >= 0.3 is 5.97 Å². The van der Waals surface area contributed by atoms with E-state index in [-0.39, 0.29) is 35.2 Å². The number of sulfone groups is 1. The van der Waals surface area contributed by atoms with Crippen molar-refractivity contribution in [3.05, 3.63) is 22.2 Å². The molecule has 1 aromatic carbocycles. The zero-order chi connectivity index (χ0) is 16.0. The van der Waals surface area contributed by atoms with Crippen molar-refractivity contribution in [2.45, 2.75) is 13.3 Å². The van der Waals surface area contributed by atoms with Gasteiger partial charge in [-0.2, -0.15) is 0 Å². The minimum Gasteiger partial charge on any atom is -0.493 e. The Balaban J connectivity index is 2.86. The van der Waals surface area contributed by atoms with E-state index in [1.807, 2.05) is 0 Å². The van der Waals surface area contributed by atoms with Gasteiger partial charge in [0.15, 0.2) is 21.3 Å². The molecule has 1 rings (SSSR count). The lowest BCUT2D eigenvalue weighted by Gasteiger charge is -2.13. The normalized spacial score (nSPS) is 11.2. The van der Waals surface area contributed by atoms with Crippen LogP contribution in [-0.2, 0) is 9.84 Å². The number of methoxy groups -OCH3 is 1. The summed E-state index contributed by atoms with van der Waals surface area (Å²) in [5.41, 5.74) is 0.0460. The summed E-state index contributed by atoms with van der Waals surface area (Å²) in [5.74, 6) is -0.557. The summed E-state index contributed by atoms with van der Waals surface area (Å²) < 4.78 is 34.1. The fourth-order valence-electron chi connectivity index (χ4n) is 1.67. The first kappa shape index (κ1) is 17.8. The number of rotatable bonds is 8. The molecule has 1 N–H and O–H groups in total. The quantitative estimate of drug-likeness (QED) is 0.744. The Morgan fingerprint density at radius 3 is 2.52 bits per heavy atom. The van der Waals surface area contributed by atoms with Crippen LogP contribution in [0.5, 0.6) is 11.5 Å². The number of benzene rings is 1. The first-order valence-corrected chi connectivity index (χ1v) is 8.86. The molecule has 0 unspecified atom stereocenters. The molecule has 6 nitrogen and oxygen atoms in total. The molecule has 0 bridgehead atoms. The molecule has 0 saturated heterocycles. The van der Waals surface area contributed by atoms with Crippen molar-refractivity contribution in [1.29, 1.82) is 0 Å². The number of carboxylic acid groups (broad SMARTS) is 1. The maximum atomic E-state index is 11.6. The lowest BCUT2D eigenvalue weighted by Crippen LogP contribution is -2.17. The van der Waals surface area contributed by atoms with Gasteiger partial charge in [0.2, 0.25) is 0 Å². The zero-order valence-electron chi connectivity index (χ0n) is 11.8. The lowest BCUT2D eigenvalue weighted by atomic mass is 10.2. The molecule has 1 aromatic rings. The van der Waals surface area contributed by atoms with E-state index in [0.29, 0.717) is 10.9 Å². The largest absolute Gasteiger partial charge is 0.493 e. The molecule has 0 atom stereocenters. The van der Waals surface area contributed by atoms with Gasteiger partial charge < -0.3 is 14.6 Å². The van der Waals surface area contributed by atoms with Gasteiger partial charge in [-0.1, -0.05) is 6.92 Å². The second-order valence-corrected chi connectivity index (χ2v) is 7.45. The molecule has 21 heavy (non-hydrogen) atoms. The van der Waals surface area contributed by atoms with Crippen LogP contribution >= 0.6 is 15.9 Å². The van der Waals surface area contributed by atoms with Crippen molar-refractivity contribution in [1.82, 2.24) is 0 Å². The Bertz CT molecular complexity index is 611. The van der Waals surface area contributed by atoms with Gasteiger partial charge in [-0.25, -0.2) is 13.2 Å². The summed E-state index contributed by atoms with van der Waals surface area (Å²) >= 11 is 3.20. The summed E-state index contributed by atoms with van der Waals surface area (Å²) in [4.78, 5) is 11.0. The molecule has 118 valence electrons. The second kappa shape index (κ2) is 7.65. The van der Waals surface area contributed by atoms with Crippen LogP contribution in [0.3, 0.4) is 0 Å². The van der Waals surface area contributed by atoms with Crippen LogP contribution in [-0.4, -0.2) is 44.7 Å². The third kappa shape index (κ3) is 5.20. The molecule has 8 heteroatoms. The Morgan fingerprint density at radius 2 is 2.00 bits per heavy atom. The van der Waals surface area contributed by atoms with Crippen molar-refractivity contribution in [3.63, 3.8) is 0 Å². The summed E-state index contributed by atoms with van der Waals surface area (Å²) in [6, 6.07) is 2.70. The SMILES string of the molecule is CCCS(=O)(=O)CCOc1c(Br)cc(C(=O)O)cc1OC. The average Bonchev–Trinajstić information content (AvgIpc) is 2.39. The molecule has 0 amide bonds. The van der Waals surface area contributed by atoms with E-state index < -0.39 is 15.8 Å². The van der Waals surface area contributed by atoms with Gasteiger partial charge in [0.1, 0.15) is 6.61 Å². The average molecular weight is 381 g/mol. The van der Waals surface area contributed by atoms with Crippen molar-refractivity contribution in [3.8, 4) is 11.5 Å². The van der Waals surface area contributed by atoms with E-state index in [4.69, 9.17) is 14.6 Å². The highest BCUT2D eigenvalue weighted by Gasteiger charge is 2.16. The third-order valence-corrected chi connectivity index (χ3v) is 5.04. The van der Waals surface area contributed by atoms with Gasteiger partial charge in [-0.15, -0.1) is 0 Å². The van der Waals surface area contributed by atoms with Crippen molar-refractivity contribution in [2.24, 2.45) is 0 Å². The maximum absolute atomic E-state index is 11.6. The van der Waals surface area contributed by atoms with Crippen LogP contribution < -0.4 is 9.47 Å². The molecule has 0 radical (unpaired) electrons. The number of carbonyl (C=O) groups is 1. The molecule has 0 saturated carbocycles. The molecule has 0 aromatic heterocycles. The van der Waals surface area contributed by atoms with Crippen LogP contribution in [0.25, 0.3) is 0 Å². The number of hydrogen-bond acceptors (Lipinski definition) is 5. The van der Waals surface area contributed by atoms with Gasteiger partial charge in [0.05, 0.1) is 28.7 Å². The van der Waals surface area contributed by atoms with E-state index in [1.165, 1.54) is 19.2 Å². The number of halogens is 1. The lowest BCUT2D eigenvalue weighted by molar-refractivity contribution is 0.0696. The predicted molar refractivity (Wildman–Crippen MR) is 82.1 cm³/mol. The molecular formula is C13H17BrO6S. The van der Waals surface area contributed by atoms with Crippen LogP contribution in [0.15, 0.2) is 16.6 Å². The smallest absolute Gasteiger partial charge is 0.335 e. The summed E-state index contributed by atoms with van der Waals surface area (Å²) in [7, 11) is -1.75. The number of ether oxygens (including phenoxy) is 2. The van der Waals surface area contributed by atoms with E-state index in [0.717, 1.165) is 0 Å². The van der Waals surface area contributed by atoms with Crippen LogP contribution in [0.2, 0.25) is 0 Å². The molecule has 0 fully saturated rings. The first-order chi connectivity index (χ1) is 9.80. The van der Waals surface area contributed by atoms with Crippen LogP contribution in [0, 0.1) is 0 Å². The summed E-state index contributed by atoms with van der Waals surface area (Å²) in [5, 5.41) is 8.97. The van der Waals surface area contributed by atoms with E-state index in [1.54, 1.807) is 6.92 Å². The zero-order valence-corrected chi connectivity index (χ0v) is 14.2. The number of hydrogen-bond donors (Lipinski definition) is 1. The van der Waals surface area contributed by atoms with Crippen LogP contribution in [0.4, 0.5) is 0 Å². The molecule has 0 aliphatic rings. The number of aromatic carboxylic acids is 1. The second-order valence-electron chi connectivity index (χ2n) is 4.29. The van der Waals surface area contributed by atoms with E-state index in [2.05, 4.69) is 15.9 Å². The Hall–Kier alpha value is -1.28. The monoisotopic (exact) mass is 380 g/mol. The maximum Gasteiger partial charge on any atom is 0.335 e. The molecule has 0 aliphatic heterocycles. The van der Waals surface area contributed by atoms with Crippen molar-refractivity contribution < 1.29 is 27.8 Å². The first-order valence-electron chi connectivity index (χ1n) is 6.24. The van der Waals surface area contributed by atoms with Gasteiger partial charge in [-0.05, 0) is 34.5 Å². The van der Waals surface area contributed by atoms with Crippen LogP contribution in [0.1, 0.15) is 23.7 Å². The van der Waals surface area contributed by atoms with Gasteiger partial charge in [0.25, 0.3) is 0 Å². The standard InChI is InChI=1S/C13H17BrO6S/c1-3-5-21(17,18)6-4-20-12-10(14)7-9(13(15)16)8-11(12)19-2/h7-8H,3-6H2,1-2H3,(H,15,16). The summed E-state index contributed by atoms with van der Waals surface area (Å²) in [6.45, 7) is 1.77. The molecule has 0 spiro atoms. The Labute approximate surface area is 132 Å². The van der Waals surface area contributed by atoms with E-state index in [9.17, 15) is 13.2 Å². The topological polar surface area (TPSA) is 89.9 Å². The summed E-state index contributed by atoms with van der Waals surface area (Å²) in [6.07, 6.45) is 0.558. The van der Waals surface area contributed by atoms with Crippen molar-refractivity contribution in [2.75, 3.05) is 25.2 Å². The predicted octanol–water partition coefficient (Wildman–Crippen LogP) is 2.36. The highest BCUT2D eigenvalue weighted by atomic mass is 79.9. The minimum absolute atomic E-state index is 0.0241.